The number of fused-ring (bicyclic) bond motifs is 2. The maximum atomic E-state index is 12.4. The third-order valence-electron chi connectivity index (χ3n) is 4.16. The highest BCUT2D eigenvalue weighted by Gasteiger charge is 2.37. The molecule has 0 saturated heterocycles. The number of nitrogens with one attached hydrogen (secondary N) is 1. The van der Waals surface area contributed by atoms with Crippen LogP contribution in [0.4, 0.5) is 5.69 Å². The van der Waals surface area contributed by atoms with E-state index in [0.717, 1.165) is 17.7 Å². The summed E-state index contributed by atoms with van der Waals surface area (Å²) in [7, 11) is 0. The van der Waals surface area contributed by atoms with E-state index in [-0.39, 0.29) is 17.1 Å². The first kappa shape index (κ1) is 12.0. The molecule has 4 rings (SSSR count). The zero-order chi connectivity index (χ0) is 13.5. The van der Waals surface area contributed by atoms with Crippen LogP contribution in [-0.2, 0) is 4.79 Å². The number of carbonyl (C=O) groups excluding carboxylic acids is 1. The quantitative estimate of drug-likeness (QED) is 0.849. The van der Waals surface area contributed by atoms with Gasteiger partial charge in [-0.1, -0.05) is 48.2 Å². The highest BCUT2D eigenvalue weighted by molar-refractivity contribution is 8.00. The zero-order valence-corrected chi connectivity index (χ0v) is 11.8. The summed E-state index contributed by atoms with van der Waals surface area (Å²) in [5.41, 5.74) is 2.32. The predicted molar refractivity (Wildman–Crippen MR) is 82.7 cm³/mol. The monoisotopic (exact) mass is 281 g/mol. The molecule has 100 valence electrons. The molecule has 3 aliphatic rings. The average Bonchev–Trinajstić information content (AvgIpc) is 2.90. The summed E-state index contributed by atoms with van der Waals surface area (Å²) in [6.07, 6.45) is 11.1. The first-order valence-corrected chi connectivity index (χ1v) is 7.82. The number of anilines is 1. The third kappa shape index (κ3) is 1.93. The highest BCUT2D eigenvalue weighted by atomic mass is 32.2. The van der Waals surface area contributed by atoms with Crippen LogP contribution in [0.3, 0.4) is 0 Å². The lowest BCUT2D eigenvalue weighted by atomic mass is 9.78. The van der Waals surface area contributed by atoms with E-state index in [1.165, 1.54) is 4.90 Å². The van der Waals surface area contributed by atoms with Crippen molar-refractivity contribution < 1.29 is 4.79 Å². The molecule has 20 heavy (non-hydrogen) atoms. The van der Waals surface area contributed by atoms with Gasteiger partial charge in [0.25, 0.3) is 0 Å². The Morgan fingerprint density at radius 1 is 1.20 bits per heavy atom. The zero-order valence-electron chi connectivity index (χ0n) is 11.0. The van der Waals surface area contributed by atoms with Crippen molar-refractivity contribution in [3.05, 3.63) is 60.2 Å². The Balaban J connectivity index is 1.59. The van der Waals surface area contributed by atoms with Crippen LogP contribution in [0.5, 0.6) is 0 Å². The van der Waals surface area contributed by atoms with Crippen LogP contribution in [0.1, 0.15) is 6.42 Å². The van der Waals surface area contributed by atoms with Crippen LogP contribution >= 0.6 is 11.8 Å². The summed E-state index contributed by atoms with van der Waals surface area (Å²) >= 11 is 1.78. The molecular formula is C17H15NOS. The molecule has 3 atom stereocenters. The molecule has 1 heterocycles. The van der Waals surface area contributed by atoms with Gasteiger partial charge < -0.3 is 5.32 Å². The molecule has 3 unspecified atom stereocenters. The fraction of sp³-hybridized carbons (Fsp3) is 0.235. The van der Waals surface area contributed by atoms with Crippen molar-refractivity contribution in [3.8, 4) is 0 Å². The number of benzene rings is 1. The van der Waals surface area contributed by atoms with E-state index >= 15 is 0 Å². The van der Waals surface area contributed by atoms with Gasteiger partial charge in [0.15, 0.2) is 5.78 Å². The van der Waals surface area contributed by atoms with Crippen LogP contribution in [0.25, 0.3) is 0 Å². The summed E-state index contributed by atoms with van der Waals surface area (Å²) in [6.45, 7) is 0. The molecular weight excluding hydrogens is 266 g/mol. The van der Waals surface area contributed by atoms with Crippen LogP contribution in [0, 0.1) is 11.8 Å². The largest absolute Gasteiger partial charge is 0.371 e. The van der Waals surface area contributed by atoms with E-state index in [0.29, 0.717) is 5.92 Å². The molecule has 3 heteroatoms. The van der Waals surface area contributed by atoms with Gasteiger partial charge in [0.05, 0.1) is 11.3 Å². The van der Waals surface area contributed by atoms with Crippen molar-refractivity contribution in [2.45, 2.75) is 16.7 Å². The van der Waals surface area contributed by atoms with Crippen molar-refractivity contribution >= 4 is 23.2 Å². The molecule has 0 spiro atoms. The molecule has 0 amide bonds. The summed E-state index contributed by atoms with van der Waals surface area (Å²) in [5.74, 6) is 0.708. The number of rotatable bonds is 1. The molecule has 2 aliphatic carbocycles. The van der Waals surface area contributed by atoms with E-state index < -0.39 is 0 Å². The molecule has 0 aromatic heterocycles. The van der Waals surface area contributed by atoms with Gasteiger partial charge in [-0.25, -0.2) is 0 Å². The number of allylic oxidation sites excluding steroid dienone is 6. The molecule has 1 aromatic rings. The lowest BCUT2D eigenvalue weighted by Gasteiger charge is -2.30. The van der Waals surface area contributed by atoms with Gasteiger partial charge in [-0.15, -0.1) is 0 Å². The Labute approximate surface area is 122 Å². The summed E-state index contributed by atoms with van der Waals surface area (Å²) in [4.78, 5) is 13.6. The van der Waals surface area contributed by atoms with Gasteiger partial charge in [0.1, 0.15) is 0 Å². The number of hydrogen-bond acceptors (Lipinski definition) is 3. The summed E-state index contributed by atoms with van der Waals surface area (Å²) in [6, 6.07) is 8.28. The maximum absolute atomic E-state index is 12.4. The van der Waals surface area contributed by atoms with Gasteiger partial charge in [0.2, 0.25) is 0 Å². The van der Waals surface area contributed by atoms with Gasteiger partial charge in [-0.2, -0.15) is 0 Å². The number of para-hydroxylation sites is 1. The summed E-state index contributed by atoms with van der Waals surface area (Å²) in [5, 5.41) is 3.66. The minimum absolute atomic E-state index is 0.0531. The van der Waals surface area contributed by atoms with Gasteiger partial charge in [0, 0.05) is 16.5 Å². The van der Waals surface area contributed by atoms with Gasteiger partial charge in [-0.05, 0) is 30.2 Å². The second-order valence-electron chi connectivity index (χ2n) is 5.42. The molecule has 1 aromatic carbocycles. The van der Waals surface area contributed by atoms with Crippen LogP contribution in [0.2, 0.25) is 0 Å². The highest BCUT2D eigenvalue weighted by Crippen LogP contribution is 2.44. The Hall–Kier alpha value is -1.74. The fourth-order valence-corrected chi connectivity index (χ4v) is 4.37. The molecule has 0 saturated carbocycles. The van der Waals surface area contributed by atoms with E-state index in [1.54, 1.807) is 11.8 Å². The lowest BCUT2D eigenvalue weighted by Crippen LogP contribution is -2.34. The van der Waals surface area contributed by atoms with Crippen LogP contribution < -0.4 is 5.32 Å². The average molecular weight is 281 g/mol. The Bertz CT molecular complexity index is 634. The minimum Gasteiger partial charge on any atom is -0.371 e. The van der Waals surface area contributed by atoms with E-state index in [1.807, 2.05) is 24.3 Å². The topological polar surface area (TPSA) is 29.1 Å². The predicted octanol–water partition coefficient (Wildman–Crippen LogP) is 3.79. The van der Waals surface area contributed by atoms with Crippen LogP contribution in [0.15, 0.2) is 65.1 Å². The van der Waals surface area contributed by atoms with Crippen molar-refractivity contribution in [1.29, 1.82) is 0 Å². The maximum Gasteiger partial charge on any atom is 0.162 e. The molecule has 1 N–H and O–H groups in total. The van der Waals surface area contributed by atoms with E-state index in [2.05, 4.69) is 35.7 Å². The first-order chi connectivity index (χ1) is 9.81. The second-order valence-corrected chi connectivity index (χ2v) is 6.60. The molecule has 2 nitrogen and oxygen atoms in total. The molecule has 0 bridgehead atoms. The number of thioether (sulfide) groups is 1. The Morgan fingerprint density at radius 3 is 3.00 bits per heavy atom. The van der Waals surface area contributed by atoms with Crippen LogP contribution in [-0.4, -0.2) is 11.2 Å². The van der Waals surface area contributed by atoms with E-state index in [9.17, 15) is 4.79 Å². The van der Waals surface area contributed by atoms with Crippen molar-refractivity contribution in [3.63, 3.8) is 0 Å². The van der Waals surface area contributed by atoms with Crippen molar-refractivity contribution in [2.75, 3.05) is 5.32 Å². The number of carbonyl (C=O) groups is 1. The number of ketones is 1. The summed E-state index contributed by atoms with van der Waals surface area (Å²) < 4.78 is 0. The molecule has 0 radical (unpaired) electrons. The SMILES string of the molecule is O=C1C=C2C=CC=CC2CC1C1Nc2ccccc2S1. The van der Waals surface area contributed by atoms with Gasteiger partial charge in [-0.3, -0.25) is 4.79 Å². The Morgan fingerprint density at radius 2 is 2.10 bits per heavy atom. The minimum atomic E-state index is 0.0531. The standard InChI is InChI=1S/C17H15NOS/c19-15-10-12-6-2-1-5-11(12)9-13(15)17-18-14-7-3-4-8-16(14)20-17/h1-8,10-11,13,17-18H,9H2. The van der Waals surface area contributed by atoms with Gasteiger partial charge >= 0.3 is 0 Å². The van der Waals surface area contributed by atoms with Crippen molar-refractivity contribution in [2.24, 2.45) is 11.8 Å². The van der Waals surface area contributed by atoms with Crippen molar-refractivity contribution in [1.82, 2.24) is 0 Å². The Kier molecular flexibility index (Phi) is 2.81. The lowest BCUT2D eigenvalue weighted by molar-refractivity contribution is -0.118. The fourth-order valence-electron chi connectivity index (χ4n) is 3.09. The van der Waals surface area contributed by atoms with E-state index in [4.69, 9.17) is 0 Å². The molecule has 0 fully saturated rings. The first-order valence-electron chi connectivity index (χ1n) is 6.94. The smallest absolute Gasteiger partial charge is 0.162 e. The third-order valence-corrected chi connectivity index (χ3v) is 5.47. The number of hydrogen-bond donors (Lipinski definition) is 1. The normalized spacial score (nSPS) is 30.5. The molecule has 1 aliphatic heterocycles. The second kappa shape index (κ2) is 4.67.